The molecule has 90 valence electrons. The van der Waals surface area contributed by atoms with Crippen molar-refractivity contribution in [3.05, 3.63) is 0 Å². The molecule has 0 saturated heterocycles. The van der Waals surface area contributed by atoms with Crippen molar-refractivity contribution in [1.82, 2.24) is 4.90 Å². The van der Waals surface area contributed by atoms with Gasteiger partial charge in [0.05, 0.1) is 0 Å². The molecular weight excluding hydrogens is 184 g/mol. The molecular formula is C13H28N2. The van der Waals surface area contributed by atoms with Crippen molar-refractivity contribution in [2.45, 2.75) is 71.5 Å². The maximum atomic E-state index is 5.94. The van der Waals surface area contributed by atoms with Crippen LogP contribution in [0.3, 0.4) is 0 Å². The van der Waals surface area contributed by atoms with E-state index in [1.165, 1.54) is 25.7 Å². The Morgan fingerprint density at radius 2 is 1.60 bits per heavy atom. The lowest BCUT2D eigenvalue weighted by molar-refractivity contribution is 0.0752. The zero-order chi connectivity index (χ0) is 11.6. The highest BCUT2D eigenvalue weighted by atomic mass is 15.2. The molecule has 0 amide bonds. The molecule has 15 heavy (non-hydrogen) atoms. The van der Waals surface area contributed by atoms with Crippen molar-refractivity contribution < 1.29 is 0 Å². The molecule has 1 fully saturated rings. The van der Waals surface area contributed by atoms with Gasteiger partial charge in [0, 0.05) is 18.1 Å². The second kappa shape index (κ2) is 4.84. The summed E-state index contributed by atoms with van der Waals surface area (Å²) in [6.45, 7) is 9.31. The molecule has 1 atom stereocenters. The Hall–Kier alpha value is -0.0800. The van der Waals surface area contributed by atoms with E-state index in [2.05, 4.69) is 39.6 Å². The van der Waals surface area contributed by atoms with Gasteiger partial charge in [0.1, 0.15) is 0 Å². The number of nitrogens with zero attached hydrogens (tertiary/aromatic N) is 1. The maximum absolute atomic E-state index is 5.94. The maximum Gasteiger partial charge on any atom is 0.0115 e. The predicted octanol–water partition coefficient (Wildman–Crippen LogP) is 2.62. The largest absolute Gasteiger partial charge is 0.328 e. The molecule has 2 nitrogen and oxygen atoms in total. The average Bonchev–Trinajstić information content (AvgIpc) is 2.15. The molecule has 1 aliphatic carbocycles. The highest BCUT2D eigenvalue weighted by Crippen LogP contribution is 2.29. The summed E-state index contributed by atoms with van der Waals surface area (Å²) in [6.07, 6.45) is 4.95. The molecule has 0 aromatic carbocycles. The third-order valence-corrected chi connectivity index (χ3v) is 4.18. The fourth-order valence-electron chi connectivity index (χ4n) is 2.44. The standard InChI is InChI=1S/C13H28N2/c1-10(13(2,3)4)15(5)12-8-6-11(14)7-9-12/h10-12H,6-9,14H2,1-5H3. The smallest absolute Gasteiger partial charge is 0.0115 e. The molecule has 2 N–H and O–H groups in total. The van der Waals surface area contributed by atoms with Crippen molar-refractivity contribution in [2.75, 3.05) is 7.05 Å². The van der Waals surface area contributed by atoms with Crippen LogP contribution in [-0.2, 0) is 0 Å². The molecule has 1 rings (SSSR count). The zero-order valence-corrected chi connectivity index (χ0v) is 11.1. The molecule has 0 aliphatic heterocycles. The van der Waals surface area contributed by atoms with Gasteiger partial charge in [-0.1, -0.05) is 20.8 Å². The molecule has 1 aliphatic rings. The second-order valence-electron chi connectivity index (χ2n) is 6.28. The molecule has 0 heterocycles. The van der Waals surface area contributed by atoms with Crippen LogP contribution < -0.4 is 5.73 Å². The quantitative estimate of drug-likeness (QED) is 0.762. The Morgan fingerprint density at radius 1 is 1.13 bits per heavy atom. The van der Waals surface area contributed by atoms with Crippen LogP contribution in [0.1, 0.15) is 53.4 Å². The van der Waals surface area contributed by atoms with Crippen LogP contribution in [0.5, 0.6) is 0 Å². The normalized spacial score (nSPS) is 30.6. The number of hydrogen-bond acceptors (Lipinski definition) is 2. The van der Waals surface area contributed by atoms with E-state index in [1.807, 2.05) is 0 Å². The highest BCUT2D eigenvalue weighted by molar-refractivity contribution is 4.85. The minimum absolute atomic E-state index is 0.369. The van der Waals surface area contributed by atoms with Gasteiger partial charge >= 0.3 is 0 Å². The predicted molar refractivity (Wildman–Crippen MR) is 66.9 cm³/mol. The van der Waals surface area contributed by atoms with Gasteiger partial charge in [-0.25, -0.2) is 0 Å². The molecule has 2 heteroatoms. The first-order valence-corrected chi connectivity index (χ1v) is 6.30. The lowest BCUT2D eigenvalue weighted by Crippen LogP contribution is -2.47. The molecule has 0 radical (unpaired) electrons. The first-order chi connectivity index (χ1) is 6.82. The summed E-state index contributed by atoms with van der Waals surface area (Å²) in [7, 11) is 2.28. The van der Waals surface area contributed by atoms with Gasteiger partial charge in [-0.05, 0) is 45.1 Å². The summed E-state index contributed by atoms with van der Waals surface area (Å²) in [6, 6.07) is 1.84. The van der Waals surface area contributed by atoms with E-state index in [4.69, 9.17) is 5.73 Å². The van der Waals surface area contributed by atoms with Crippen LogP contribution in [0.2, 0.25) is 0 Å². The average molecular weight is 212 g/mol. The van der Waals surface area contributed by atoms with E-state index in [-0.39, 0.29) is 0 Å². The van der Waals surface area contributed by atoms with Gasteiger partial charge in [-0.2, -0.15) is 0 Å². The molecule has 1 saturated carbocycles. The van der Waals surface area contributed by atoms with Crippen LogP contribution in [0, 0.1) is 5.41 Å². The van der Waals surface area contributed by atoms with Crippen LogP contribution in [0.25, 0.3) is 0 Å². The Balaban J connectivity index is 2.50. The van der Waals surface area contributed by atoms with Gasteiger partial charge in [-0.15, -0.1) is 0 Å². The summed E-state index contributed by atoms with van der Waals surface area (Å²) in [5, 5.41) is 0. The first-order valence-electron chi connectivity index (χ1n) is 6.30. The van der Waals surface area contributed by atoms with Gasteiger partial charge in [-0.3, -0.25) is 0 Å². The molecule has 1 unspecified atom stereocenters. The van der Waals surface area contributed by atoms with Crippen LogP contribution >= 0.6 is 0 Å². The fourth-order valence-corrected chi connectivity index (χ4v) is 2.44. The third-order valence-electron chi connectivity index (χ3n) is 4.18. The fraction of sp³-hybridized carbons (Fsp3) is 1.00. The summed E-state index contributed by atoms with van der Waals surface area (Å²) in [5.41, 5.74) is 6.31. The van der Waals surface area contributed by atoms with Gasteiger partial charge in [0.25, 0.3) is 0 Å². The van der Waals surface area contributed by atoms with E-state index < -0.39 is 0 Å². The van der Waals surface area contributed by atoms with Crippen LogP contribution in [0.15, 0.2) is 0 Å². The van der Waals surface area contributed by atoms with Crippen LogP contribution in [0.4, 0.5) is 0 Å². The summed E-state index contributed by atoms with van der Waals surface area (Å²) in [4.78, 5) is 2.56. The highest BCUT2D eigenvalue weighted by Gasteiger charge is 2.30. The number of hydrogen-bond donors (Lipinski definition) is 1. The lowest BCUT2D eigenvalue weighted by atomic mass is 9.84. The van der Waals surface area contributed by atoms with Crippen LogP contribution in [-0.4, -0.2) is 30.1 Å². The Morgan fingerprint density at radius 3 is 2.00 bits per heavy atom. The summed E-state index contributed by atoms with van der Waals surface area (Å²) < 4.78 is 0. The molecule has 0 spiro atoms. The van der Waals surface area contributed by atoms with E-state index in [0.717, 1.165) is 6.04 Å². The molecule has 0 bridgehead atoms. The minimum Gasteiger partial charge on any atom is -0.328 e. The van der Waals surface area contributed by atoms with Crippen molar-refractivity contribution in [1.29, 1.82) is 0 Å². The van der Waals surface area contributed by atoms with Crippen molar-refractivity contribution in [2.24, 2.45) is 11.1 Å². The summed E-state index contributed by atoms with van der Waals surface area (Å²) >= 11 is 0. The monoisotopic (exact) mass is 212 g/mol. The Bertz CT molecular complexity index is 187. The third kappa shape index (κ3) is 3.46. The SMILES string of the molecule is CC(N(C)C1CCC(N)CC1)C(C)(C)C. The Labute approximate surface area is 95.2 Å². The summed E-state index contributed by atoms with van der Waals surface area (Å²) in [5.74, 6) is 0. The van der Waals surface area contributed by atoms with Crippen molar-refractivity contribution >= 4 is 0 Å². The zero-order valence-electron chi connectivity index (χ0n) is 11.1. The lowest BCUT2D eigenvalue weighted by Gasteiger charge is -2.42. The topological polar surface area (TPSA) is 29.3 Å². The van der Waals surface area contributed by atoms with E-state index in [0.29, 0.717) is 17.5 Å². The van der Waals surface area contributed by atoms with Gasteiger partial charge in [0.2, 0.25) is 0 Å². The minimum atomic E-state index is 0.369. The van der Waals surface area contributed by atoms with Gasteiger partial charge < -0.3 is 10.6 Å². The van der Waals surface area contributed by atoms with E-state index >= 15 is 0 Å². The van der Waals surface area contributed by atoms with E-state index in [9.17, 15) is 0 Å². The Kier molecular flexibility index (Phi) is 4.19. The number of nitrogens with two attached hydrogens (primary N) is 1. The van der Waals surface area contributed by atoms with Crippen molar-refractivity contribution in [3.8, 4) is 0 Å². The molecule has 0 aromatic heterocycles. The van der Waals surface area contributed by atoms with Crippen molar-refractivity contribution in [3.63, 3.8) is 0 Å². The van der Waals surface area contributed by atoms with E-state index in [1.54, 1.807) is 0 Å². The molecule has 0 aromatic rings. The first kappa shape index (κ1) is 13.0. The second-order valence-corrected chi connectivity index (χ2v) is 6.28. The van der Waals surface area contributed by atoms with Gasteiger partial charge in [0.15, 0.2) is 0 Å². The number of rotatable bonds is 2.